The van der Waals surface area contributed by atoms with Crippen molar-refractivity contribution in [1.82, 2.24) is 0 Å². The Hall–Kier alpha value is -0.970. The van der Waals surface area contributed by atoms with Gasteiger partial charge in [-0.25, -0.2) is 0 Å². The summed E-state index contributed by atoms with van der Waals surface area (Å²) in [5.74, 6) is 0.160. The Bertz CT molecular complexity index is 440. The highest BCUT2D eigenvalue weighted by molar-refractivity contribution is 5.96. The van der Waals surface area contributed by atoms with E-state index in [1.54, 1.807) is 0 Å². The van der Waals surface area contributed by atoms with Crippen LogP contribution in [0.1, 0.15) is 19.3 Å². The molecule has 0 heterocycles. The van der Waals surface area contributed by atoms with Gasteiger partial charge in [0.25, 0.3) is 0 Å². The largest absolute Gasteiger partial charge is 0.376 e. The summed E-state index contributed by atoms with van der Waals surface area (Å²) in [5.41, 5.74) is 7.74. The van der Waals surface area contributed by atoms with E-state index in [4.69, 9.17) is 5.73 Å². The van der Waals surface area contributed by atoms with E-state index in [1.807, 2.05) is 43.3 Å². The molecule has 2 unspecified atom stereocenters. The van der Waals surface area contributed by atoms with Gasteiger partial charge in [0.2, 0.25) is 5.91 Å². The topological polar surface area (TPSA) is 58.4 Å². The number of nitrogens with one attached hydrogen (secondary N) is 1. The third kappa shape index (κ3) is 4.54. The molecule has 0 spiro atoms. The van der Waals surface area contributed by atoms with E-state index < -0.39 is 0 Å². The molecule has 0 radical (unpaired) electrons. The van der Waals surface area contributed by atoms with Crippen LogP contribution in [0.25, 0.3) is 0 Å². The van der Waals surface area contributed by atoms with Crippen molar-refractivity contribution >= 4 is 42.1 Å². The first-order chi connectivity index (χ1) is 8.58. The number of anilines is 2. The standard InChI is InChI=1S/C14H21N3O.2ClH/c1-17(2)13-6-4-3-5-12(13)16-14(18)10-7-8-11(15)9-10;;/h3-6,10-11H,7-9,15H2,1-2H3,(H,16,18);2*1H. The third-order valence-electron chi connectivity index (χ3n) is 3.49. The van der Waals surface area contributed by atoms with Crippen molar-refractivity contribution in [2.24, 2.45) is 11.7 Å². The predicted octanol–water partition coefficient (Wildman–Crippen LogP) is 2.66. The lowest BCUT2D eigenvalue weighted by molar-refractivity contribution is -0.119. The molecule has 1 saturated carbocycles. The van der Waals surface area contributed by atoms with Crippen molar-refractivity contribution in [1.29, 1.82) is 0 Å². The molecular formula is C14H23Cl2N3O. The Morgan fingerprint density at radius 3 is 2.45 bits per heavy atom. The average molecular weight is 320 g/mol. The van der Waals surface area contributed by atoms with E-state index in [0.717, 1.165) is 30.6 Å². The van der Waals surface area contributed by atoms with Crippen molar-refractivity contribution in [2.45, 2.75) is 25.3 Å². The van der Waals surface area contributed by atoms with Gasteiger partial charge in [-0.15, -0.1) is 24.8 Å². The lowest BCUT2D eigenvalue weighted by Gasteiger charge is -2.19. The Labute approximate surface area is 132 Å². The molecule has 1 aromatic rings. The molecule has 1 fully saturated rings. The van der Waals surface area contributed by atoms with Gasteiger partial charge in [-0.3, -0.25) is 4.79 Å². The monoisotopic (exact) mass is 319 g/mol. The van der Waals surface area contributed by atoms with Gasteiger partial charge in [0.15, 0.2) is 0 Å². The highest BCUT2D eigenvalue weighted by Crippen LogP contribution is 2.28. The fourth-order valence-corrected chi connectivity index (χ4v) is 2.46. The normalized spacial score (nSPS) is 20.6. The van der Waals surface area contributed by atoms with Gasteiger partial charge < -0.3 is 16.0 Å². The number of hydrogen-bond donors (Lipinski definition) is 2. The summed E-state index contributed by atoms with van der Waals surface area (Å²) in [6.45, 7) is 0. The van der Waals surface area contributed by atoms with Crippen LogP contribution < -0.4 is 16.0 Å². The minimum absolute atomic E-state index is 0. The molecule has 0 aliphatic heterocycles. The number of nitrogens with two attached hydrogens (primary N) is 1. The quantitative estimate of drug-likeness (QED) is 0.900. The predicted molar refractivity (Wildman–Crippen MR) is 89.2 cm³/mol. The van der Waals surface area contributed by atoms with E-state index in [0.29, 0.717) is 0 Å². The lowest BCUT2D eigenvalue weighted by atomic mass is 10.1. The highest BCUT2D eigenvalue weighted by Gasteiger charge is 2.28. The third-order valence-corrected chi connectivity index (χ3v) is 3.49. The van der Waals surface area contributed by atoms with Crippen LogP contribution in [-0.4, -0.2) is 26.0 Å². The van der Waals surface area contributed by atoms with Gasteiger partial charge >= 0.3 is 0 Å². The number of amides is 1. The van der Waals surface area contributed by atoms with Crippen LogP contribution in [0.3, 0.4) is 0 Å². The number of para-hydroxylation sites is 2. The van der Waals surface area contributed by atoms with Crippen LogP contribution in [-0.2, 0) is 4.79 Å². The zero-order valence-corrected chi connectivity index (χ0v) is 13.5. The first-order valence-electron chi connectivity index (χ1n) is 6.40. The molecule has 0 saturated heterocycles. The fraction of sp³-hybridized carbons (Fsp3) is 0.500. The molecule has 20 heavy (non-hydrogen) atoms. The summed E-state index contributed by atoms with van der Waals surface area (Å²) in [4.78, 5) is 14.1. The Morgan fingerprint density at radius 1 is 1.25 bits per heavy atom. The second-order valence-corrected chi connectivity index (χ2v) is 5.17. The van der Waals surface area contributed by atoms with Crippen molar-refractivity contribution in [3.05, 3.63) is 24.3 Å². The summed E-state index contributed by atoms with van der Waals surface area (Å²) in [5, 5.41) is 3.02. The van der Waals surface area contributed by atoms with Crippen molar-refractivity contribution < 1.29 is 4.79 Å². The van der Waals surface area contributed by atoms with Gasteiger partial charge in [0.1, 0.15) is 0 Å². The summed E-state index contributed by atoms with van der Waals surface area (Å²) < 4.78 is 0. The van der Waals surface area contributed by atoms with Crippen molar-refractivity contribution in [3.63, 3.8) is 0 Å². The molecule has 4 nitrogen and oxygen atoms in total. The first-order valence-corrected chi connectivity index (χ1v) is 6.40. The maximum Gasteiger partial charge on any atom is 0.227 e. The molecular weight excluding hydrogens is 297 g/mol. The van der Waals surface area contributed by atoms with Crippen LogP contribution in [0.5, 0.6) is 0 Å². The molecule has 2 rings (SSSR count). The number of carbonyl (C=O) groups is 1. The Kier molecular flexibility index (Phi) is 7.94. The van der Waals surface area contributed by atoms with Gasteiger partial charge in [-0.2, -0.15) is 0 Å². The number of carbonyl (C=O) groups excluding carboxylic acids is 1. The number of halogens is 2. The molecule has 2 atom stereocenters. The number of hydrogen-bond acceptors (Lipinski definition) is 3. The van der Waals surface area contributed by atoms with Gasteiger partial charge in [-0.05, 0) is 31.4 Å². The molecule has 1 aromatic carbocycles. The molecule has 1 amide bonds. The van der Waals surface area contributed by atoms with E-state index >= 15 is 0 Å². The second kappa shape index (κ2) is 8.35. The zero-order chi connectivity index (χ0) is 13.1. The average Bonchev–Trinajstić information content (AvgIpc) is 2.76. The molecule has 1 aliphatic carbocycles. The number of rotatable bonds is 3. The first kappa shape index (κ1) is 19.0. The summed E-state index contributed by atoms with van der Waals surface area (Å²) in [6, 6.07) is 8.02. The van der Waals surface area contributed by atoms with Crippen LogP contribution >= 0.6 is 24.8 Å². The molecule has 6 heteroatoms. The summed E-state index contributed by atoms with van der Waals surface area (Å²) >= 11 is 0. The SMILES string of the molecule is CN(C)c1ccccc1NC(=O)C1CCC(N)C1.Cl.Cl. The van der Waals surface area contributed by atoms with E-state index in [1.165, 1.54) is 0 Å². The minimum atomic E-state index is 0. The molecule has 1 aliphatic rings. The Balaban J connectivity index is 0.00000180. The zero-order valence-electron chi connectivity index (χ0n) is 11.8. The van der Waals surface area contributed by atoms with Crippen LogP contribution in [0.4, 0.5) is 11.4 Å². The van der Waals surface area contributed by atoms with Crippen LogP contribution in [0.15, 0.2) is 24.3 Å². The Morgan fingerprint density at radius 2 is 1.90 bits per heavy atom. The maximum absolute atomic E-state index is 12.1. The maximum atomic E-state index is 12.1. The van der Waals surface area contributed by atoms with Crippen LogP contribution in [0, 0.1) is 5.92 Å². The summed E-state index contributed by atoms with van der Waals surface area (Å²) in [6.07, 6.45) is 2.65. The van der Waals surface area contributed by atoms with Crippen LogP contribution in [0.2, 0.25) is 0 Å². The number of benzene rings is 1. The molecule has 0 bridgehead atoms. The lowest BCUT2D eigenvalue weighted by Crippen LogP contribution is -2.24. The highest BCUT2D eigenvalue weighted by atomic mass is 35.5. The number of nitrogens with zero attached hydrogens (tertiary/aromatic N) is 1. The van der Waals surface area contributed by atoms with E-state index in [9.17, 15) is 4.79 Å². The smallest absolute Gasteiger partial charge is 0.227 e. The van der Waals surface area contributed by atoms with E-state index in [2.05, 4.69) is 5.32 Å². The minimum Gasteiger partial charge on any atom is -0.376 e. The fourth-order valence-electron chi connectivity index (χ4n) is 2.46. The molecule has 0 aromatic heterocycles. The van der Waals surface area contributed by atoms with Crippen molar-refractivity contribution in [3.8, 4) is 0 Å². The second-order valence-electron chi connectivity index (χ2n) is 5.17. The summed E-state index contributed by atoms with van der Waals surface area (Å²) in [7, 11) is 3.94. The molecule has 114 valence electrons. The van der Waals surface area contributed by atoms with Gasteiger partial charge in [-0.1, -0.05) is 12.1 Å². The van der Waals surface area contributed by atoms with Crippen molar-refractivity contribution in [2.75, 3.05) is 24.3 Å². The van der Waals surface area contributed by atoms with E-state index in [-0.39, 0.29) is 42.7 Å². The molecule has 3 N–H and O–H groups in total. The van der Waals surface area contributed by atoms with Gasteiger partial charge in [0, 0.05) is 26.1 Å². The van der Waals surface area contributed by atoms with Gasteiger partial charge in [0.05, 0.1) is 11.4 Å².